The van der Waals surface area contributed by atoms with Crippen LogP contribution in [0.2, 0.25) is 0 Å². The number of aryl methyl sites for hydroxylation is 1. The van der Waals surface area contributed by atoms with Gasteiger partial charge in [-0.2, -0.15) is 4.98 Å². The van der Waals surface area contributed by atoms with Crippen molar-refractivity contribution in [3.05, 3.63) is 11.7 Å². The van der Waals surface area contributed by atoms with Crippen molar-refractivity contribution < 1.29 is 9.32 Å². The fourth-order valence-corrected chi connectivity index (χ4v) is 2.38. The molecule has 0 aliphatic carbocycles. The van der Waals surface area contributed by atoms with Crippen molar-refractivity contribution in [2.24, 2.45) is 5.73 Å². The van der Waals surface area contributed by atoms with Crippen LogP contribution in [0.1, 0.15) is 38.0 Å². The van der Waals surface area contributed by atoms with E-state index in [1.165, 1.54) is 0 Å². The van der Waals surface area contributed by atoms with Gasteiger partial charge in [0.25, 0.3) is 0 Å². The van der Waals surface area contributed by atoms with Crippen LogP contribution in [0, 0.1) is 6.92 Å². The van der Waals surface area contributed by atoms with Gasteiger partial charge in [-0.1, -0.05) is 12.1 Å². The standard InChI is InChI=1S/C13H23N5O2/c1-4-11(14)13(19)18-7-5-17(6-8-18)9(2)12-15-10(3)16-20-12/h9,11H,4-8,14H2,1-3H3/t9?,11-/m0/s1. The smallest absolute Gasteiger partial charge is 0.243 e. The molecule has 1 unspecified atom stereocenters. The van der Waals surface area contributed by atoms with E-state index in [0.29, 0.717) is 31.2 Å². The van der Waals surface area contributed by atoms with Crippen molar-refractivity contribution in [1.82, 2.24) is 19.9 Å². The number of amides is 1. The van der Waals surface area contributed by atoms with Crippen molar-refractivity contribution in [2.45, 2.75) is 39.3 Å². The number of nitrogens with two attached hydrogens (primary N) is 1. The Kier molecular flexibility index (Phi) is 4.72. The molecule has 0 radical (unpaired) electrons. The van der Waals surface area contributed by atoms with E-state index < -0.39 is 0 Å². The summed E-state index contributed by atoms with van der Waals surface area (Å²) in [6.07, 6.45) is 0.677. The van der Waals surface area contributed by atoms with Crippen LogP contribution in [-0.2, 0) is 4.79 Å². The summed E-state index contributed by atoms with van der Waals surface area (Å²) in [6, 6.07) is -0.300. The maximum Gasteiger partial charge on any atom is 0.243 e. The second-order valence-electron chi connectivity index (χ2n) is 5.23. The van der Waals surface area contributed by atoms with Gasteiger partial charge in [0.15, 0.2) is 5.82 Å². The fraction of sp³-hybridized carbons (Fsp3) is 0.769. The van der Waals surface area contributed by atoms with Gasteiger partial charge in [-0.3, -0.25) is 9.69 Å². The molecule has 1 fully saturated rings. The Morgan fingerprint density at radius 2 is 2.05 bits per heavy atom. The van der Waals surface area contributed by atoms with Gasteiger partial charge in [-0.15, -0.1) is 0 Å². The SMILES string of the molecule is CC[C@H](N)C(=O)N1CCN(C(C)c2nc(C)no2)CC1. The van der Waals surface area contributed by atoms with Crippen molar-refractivity contribution in [1.29, 1.82) is 0 Å². The Morgan fingerprint density at radius 3 is 2.55 bits per heavy atom. The maximum atomic E-state index is 12.0. The number of nitrogens with zero attached hydrogens (tertiary/aromatic N) is 4. The molecule has 2 atom stereocenters. The van der Waals surface area contributed by atoms with Crippen molar-refractivity contribution in [2.75, 3.05) is 26.2 Å². The minimum Gasteiger partial charge on any atom is -0.339 e. The van der Waals surface area contributed by atoms with Crippen molar-refractivity contribution in [3.63, 3.8) is 0 Å². The molecule has 0 spiro atoms. The monoisotopic (exact) mass is 281 g/mol. The lowest BCUT2D eigenvalue weighted by molar-refractivity contribution is -0.134. The average molecular weight is 281 g/mol. The highest BCUT2D eigenvalue weighted by Gasteiger charge is 2.28. The first-order valence-corrected chi connectivity index (χ1v) is 7.11. The van der Waals surface area contributed by atoms with Gasteiger partial charge < -0.3 is 15.2 Å². The van der Waals surface area contributed by atoms with E-state index in [4.69, 9.17) is 10.3 Å². The summed E-state index contributed by atoms with van der Waals surface area (Å²) in [4.78, 5) is 20.4. The summed E-state index contributed by atoms with van der Waals surface area (Å²) in [5.41, 5.74) is 5.80. The van der Waals surface area contributed by atoms with Gasteiger partial charge in [-0.05, 0) is 20.3 Å². The predicted molar refractivity (Wildman–Crippen MR) is 73.9 cm³/mol. The van der Waals surface area contributed by atoms with Crippen LogP contribution in [0.25, 0.3) is 0 Å². The molecule has 1 saturated heterocycles. The van der Waals surface area contributed by atoms with Crippen LogP contribution in [0.5, 0.6) is 0 Å². The lowest BCUT2D eigenvalue weighted by Gasteiger charge is -2.37. The van der Waals surface area contributed by atoms with Gasteiger partial charge in [-0.25, -0.2) is 0 Å². The normalized spacial score (nSPS) is 19.9. The van der Waals surface area contributed by atoms with Gasteiger partial charge in [0.1, 0.15) is 0 Å². The number of hydrogen-bond donors (Lipinski definition) is 1. The molecule has 1 amide bonds. The largest absolute Gasteiger partial charge is 0.339 e. The molecule has 2 heterocycles. The van der Waals surface area contributed by atoms with E-state index in [-0.39, 0.29) is 18.0 Å². The number of rotatable bonds is 4. The van der Waals surface area contributed by atoms with Crippen LogP contribution in [0.3, 0.4) is 0 Å². The molecule has 2 N–H and O–H groups in total. The molecule has 20 heavy (non-hydrogen) atoms. The second-order valence-corrected chi connectivity index (χ2v) is 5.23. The molecule has 7 nitrogen and oxygen atoms in total. The molecule has 0 saturated carbocycles. The molecular formula is C13H23N5O2. The van der Waals surface area contributed by atoms with Gasteiger partial charge >= 0.3 is 0 Å². The van der Waals surface area contributed by atoms with E-state index in [0.717, 1.165) is 13.1 Å². The highest BCUT2D eigenvalue weighted by atomic mass is 16.5. The highest BCUT2D eigenvalue weighted by Crippen LogP contribution is 2.20. The van der Waals surface area contributed by atoms with Gasteiger partial charge in [0.2, 0.25) is 11.8 Å². The van der Waals surface area contributed by atoms with E-state index >= 15 is 0 Å². The van der Waals surface area contributed by atoms with Gasteiger partial charge in [0.05, 0.1) is 12.1 Å². The van der Waals surface area contributed by atoms with Gasteiger partial charge in [0, 0.05) is 26.2 Å². The molecule has 0 bridgehead atoms. The van der Waals surface area contributed by atoms with Crippen LogP contribution in [-0.4, -0.2) is 58.1 Å². The third-order valence-electron chi connectivity index (χ3n) is 3.83. The van der Waals surface area contributed by atoms with Crippen LogP contribution >= 0.6 is 0 Å². The Balaban J connectivity index is 1.89. The Bertz CT molecular complexity index is 453. The summed E-state index contributed by atoms with van der Waals surface area (Å²) in [5, 5.41) is 3.82. The molecule has 1 aromatic heterocycles. The van der Waals surface area contributed by atoms with E-state index in [2.05, 4.69) is 15.0 Å². The van der Waals surface area contributed by atoms with Crippen LogP contribution in [0.15, 0.2) is 4.52 Å². The number of aromatic nitrogens is 2. The lowest BCUT2D eigenvalue weighted by Crippen LogP contribution is -2.53. The first kappa shape index (κ1) is 14.9. The summed E-state index contributed by atoms with van der Waals surface area (Å²) in [5.74, 6) is 1.33. The van der Waals surface area contributed by atoms with Crippen LogP contribution < -0.4 is 5.73 Å². The maximum absolute atomic E-state index is 12.0. The zero-order valence-electron chi connectivity index (χ0n) is 12.4. The topological polar surface area (TPSA) is 88.5 Å². The summed E-state index contributed by atoms with van der Waals surface area (Å²) in [6.45, 7) is 8.77. The first-order valence-electron chi connectivity index (χ1n) is 7.11. The first-order chi connectivity index (χ1) is 9.52. The highest BCUT2D eigenvalue weighted by molar-refractivity contribution is 5.81. The second kappa shape index (κ2) is 6.32. The van der Waals surface area contributed by atoms with E-state index in [1.807, 2.05) is 25.7 Å². The summed E-state index contributed by atoms with van der Waals surface area (Å²) >= 11 is 0. The molecular weight excluding hydrogens is 258 g/mol. The van der Waals surface area contributed by atoms with E-state index in [1.54, 1.807) is 0 Å². The molecule has 1 aliphatic heterocycles. The Labute approximate surface area is 119 Å². The number of hydrogen-bond acceptors (Lipinski definition) is 6. The fourth-order valence-electron chi connectivity index (χ4n) is 2.38. The zero-order chi connectivity index (χ0) is 14.7. The van der Waals surface area contributed by atoms with E-state index in [9.17, 15) is 4.79 Å². The quantitative estimate of drug-likeness (QED) is 0.855. The molecule has 1 aliphatic rings. The molecule has 112 valence electrons. The Hall–Kier alpha value is -1.47. The van der Waals surface area contributed by atoms with Crippen molar-refractivity contribution >= 4 is 5.91 Å². The Morgan fingerprint density at radius 1 is 1.40 bits per heavy atom. The minimum absolute atomic E-state index is 0.0495. The summed E-state index contributed by atoms with van der Waals surface area (Å²) < 4.78 is 5.21. The van der Waals surface area contributed by atoms with Crippen molar-refractivity contribution in [3.8, 4) is 0 Å². The molecule has 1 aromatic rings. The zero-order valence-corrected chi connectivity index (χ0v) is 12.4. The van der Waals surface area contributed by atoms with Crippen LogP contribution in [0.4, 0.5) is 0 Å². The third kappa shape index (κ3) is 3.16. The number of carbonyl (C=O) groups excluding carboxylic acids is 1. The molecule has 2 rings (SSSR count). The lowest BCUT2D eigenvalue weighted by atomic mass is 10.1. The third-order valence-corrected chi connectivity index (χ3v) is 3.83. The number of carbonyl (C=O) groups is 1. The molecule has 0 aromatic carbocycles. The summed E-state index contributed by atoms with van der Waals surface area (Å²) in [7, 11) is 0. The number of piperazine rings is 1. The molecule has 7 heteroatoms. The minimum atomic E-state index is -0.377. The predicted octanol–water partition coefficient (Wildman–Crippen LogP) is 0.321. The average Bonchev–Trinajstić information content (AvgIpc) is 2.91.